The topological polar surface area (TPSA) is 99.4 Å². The Kier molecular flexibility index (Phi) is 5.31. The van der Waals surface area contributed by atoms with Gasteiger partial charge >= 0.3 is 0 Å². The molecular weight excluding hydrogens is 400 g/mol. The van der Waals surface area contributed by atoms with Gasteiger partial charge in [-0.1, -0.05) is 15.9 Å². The third kappa shape index (κ3) is 3.46. The van der Waals surface area contributed by atoms with E-state index in [4.69, 9.17) is 15.2 Å². The standard InChI is InChI=1S/C18H21BrN4O3/c1-4-25-14-6-10(11(19)7-15(14)26-5-2)12-8-13-16(17(24)22-12)9(3)21-18(20)23-13/h6-7,12H,4-5,8H2,1-3H3,(H,22,24)(H2,20,21,23). The van der Waals surface area contributed by atoms with Gasteiger partial charge in [0.15, 0.2) is 11.5 Å². The van der Waals surface area contributed by atoms with Crippen LogP contribution in [-0.2, 0) is 6.42 Å². The summed E-state index contributed by atoms with van der Waals surface area (Å²) in [4.78, 5) is 20.9. The van der Waals surface area contributed by atoms with Crippen LogP contribution in [-0.4, -0.2) is 29.1 Å². The van der Waals surface area contributed by atoms with Gasteiger partial charge in [-0.15, -0.1) is 0 Å². The van der Waals surface area contributed by atoms with Crippen LogP contribution < -0.4 is 20.5 Å². The van der Waals surface area contributed by atoms with Gasteiger partial charge in [-0.25, -0.2) is 9.97 Å². The Morgan fingerprint density at radius 3 is 2.54 bits per heavy atom. The van der Waals surface area contributed by atoms with E-state index in [1.807, 2.05) is 26.0 Å². The minimum atomic E-state index is -0.257. The first-order valence-electron chi connectivity index (χ1n) is 8.47. The molecule has 2 aromatic rings. The van der Waals surface area contributed by atoms with Crippen molar-refractivity contribution in [2.24, 2.45) is 0 Å². The highest BCUT2D eigenvalue weighted by molar-refractivity contribution is 9.10. The zero-order valence-corrected chi connectivity index (χ0v) is 16.5. The van der Waals surface area contributed by atoms with Crippen LogP contribution in [0.15, 0.2) is 16.6 Å². The number of carbonyl (C=O) groups excluding carboxylic acids is 1. The number of fused-ring (bicyclic) bond motifs is 1. The second-order valence-corrected chi connectivity index (χ2v) is 6.76. The normalized spacial score (nSPS) is 16.0. The number of nitrogens with zero attached hydrogens (tertiary/aromatic N) is 2. The van der Waals surface area contributed by atoms with Crippen molar-refractivity contribution in [3.8, 4) is 11.5 Å². The first-order valence-corrected chi connectivity index (χ1v) is 9.26. The summed E-state index contributed by atoms with van der Waals surface area (Å²) in [5, 5.41) is 3.02. The predicted octanol–water partition coefficient (Wildman–Crippen LogP) is 2.95. The smallest absolute Gasteiger partial charge is 0.255 e. The van der Waals surface area contributed by atoms with E-state index in [-0.39, 0.29) is 17.9 Å². The molecule has 3 N–H and O–H groups in total. The number of nitrogens with two attached hydrogens (primary N) is 1. The number of hydrogen-bond donors (Lipinski definition) is 2. The molecule has 1 aromatic heterocycles. The van der Waals surface area contributed by atoms with Crippen molar-refractivity contribution in [2.45, 2.75) is 33.2 Å². The molecule has 138 valence electrons. The molecule has 0 spiro atoms. The van der Waals surface area contributed by atoms with E-state index in [0.717, 1.165) is 10.0 Å². The molecule has 1 unspecified atom stereocenters. The van der Waals surface area contributed by atoms with E-state index >= 15 is 0 Å². The minimum absolute atomic E-state index is 0.176. The van der Waals surface area contributed by atoms with Gasteiger partial charge in [0.05, 0.1) is 36.2 Å². The number of anilines is 1. The molecule has 1 aromatic carbocycles. The fourth-order valence-corrected chi connectivity index (χ4v) is 3.71. The molecule has 0 fully saturated rings. The Balaban J connectivity index is 2.01. The molecule has 0 saturated heterocycles. The molecule has 0 bridgehead atoms. The van der Waals surface area contributed by atoms with Gasteiger partial charge in [0.2, 0.25) is 5.95 Å². The summed E-state index contributed by atoms with van der Waals surface area (Å²) in [7, 11) is 0. The summed E-state index contributed by atoms with van der Waals surface area (Å²) in [6, 6.07) is 3.50. The maximum atomic E-state index is 12.6. The van der Waals surface area contributed by atoms with Crippen LogP contribution in [0.5, 0.6) is 11.5 Å². The second kappa shape index (κ2) is 7.49. The molecule has 2 heterocycles. The summed E-state index contributed by atoms with van der Waals surface area (Å²) in [5.74, 6) is 1.28. The van der Waals surface area contributed by atoms with Gasteiger partial charge < -0.3 is 20.5 Å². The molecular formula is C18H21BrN4O3. The Hall–Kier alpha value is -2.35. The molecule has 1 aliphatic rings. The number of ether oxygens (including phenoxy) is 2. The van der Waals surface area contributed by atoms with Crippen LogP contribution in [0.3, 0.4) is 0 Å². The Bertz CT molecular complexity index is 857. The highest BCUT2D eigenvalue weighted by atomic mass is 79.9. The van der Waals surface area contributed by atoms with E-state index < -0.39 is 0 Å². The SMILES string of the molecule is CCOc1cc(Br)c(C2Cc3nc(N)nc(C)c3C(=O)N2)cc1OCC. The fraction of sp³-hybridized carbons (Fsp3) is 0.389. The van der Waals surface area contributed by atoms with Crippen molar-refractivity contribution < 1.29 is 14.3 Å². The molecule has 8 heteroatoms. The van der Waals surface area contributed by atoms with Crippen molar-refractivity contribution in [1.82, 2.24) is 15.3 Å². The van der Waals surface area contributed by atoms with Crippen molar-refractivity contribution in [2.75, 3.05) is 18.9 Å². The zero-order valence-electron chi connectivity index (χ0n) is 14.9. The van der Waals surface area contributed by atoms with Crippen molar-refractivity contribution in [3.05, 3.63) is 39.1 Å². The largest absolute Gasteiger partial charge is 0.490 e. The van der Waals surface area contributed by atoms with E-state index in [9.17, 15) is 4.79 Å². The lowest BCUT2D eigenvalue weighted by Gasteiger charge is -2.27. The van der Waals surface area contributed by atoms with Gasteiger partial charge in [-0.05, 0) is 38.5 Å². The van der Waals surface area contributed by atoms with E-state index in [0.29, 0.717) is 48.1 Å². The van der Waals surface area contributed by atoms with Crippen molar-refractivity contribution in [3.63, 3.8) is 0 Å². The third-order valence-corrected chi connectivity index (χ3v) is 4.84. The third-order valence-electron chi connectivity index (χ3n) is 4.15. The lowest BCUT2D eigenvalue weighted by Crippen LogP contribution is -2.37. The zero-order chi connectivity index (χ0) is 18.8. The molecule has 0 saturated carbocycles. The van der Waals surface area contributed by atoms with Crippen LogP contribution in [0, 0.1) is 6.92 Å². The number of amides is 1. The average molecular weight is 421 g/mol. The van der Waals surface area contributed by atoms with Crippen molar-refractivity contribution >= 4 is 27.8 Å². The maximum absolute atomic E-state index is 12.6. The summed E-state index contributed by atoms with van der Waals surface area (Å²) in [5.41, 5.74) is 8.40. The first-order chi connectivity index (χ1) is 12.4. The van der Waals surface area contributed by atoms with Crippen LogP contribution in [0.1, 0.15) is 47.2 Å². The Morgan fingerprint density at radius 2 is 1.88 bits per heavy atom. The number of benzene rings is 1. The number of rotatable bonds is 5. The van der Waals surface area contributed by atoms with E-state index in [1.165, 1.54) is 0 Å². The van der Waals surface area contributed by atoms with Crippen LogP contribution in [0.4, 0.5) is 5.95 Å². The highest BCUT2D eigenvalue weighted by Crippen LogP contribution is 2.38. The maximum Gasteiger partial charge on any atom is 0.255 e. The summed E-state index contributed by atoms with van der Waals surface area (Å²) in [6.07, 6.45) is 0.521. The molecule has 0 aliphatic carbocycles. The molecule has 0 radical (unpaired) electrons. The van der Waals surface area contributed by atoms with Crippen molar-refractivity contribution in [1.29, 1.82) is 0 Å². The van der Waals surface area contributed by atoms with Gasteiger partial charge in [-0.2, -0.15) is 0 Å². The number of carbonyl (C=O) groups is 1. The predicted molar refractivity (Wildman–Crippen MR) is 102 cm³/mol. The summed E-state index contributed by atoms with van der Waals surface area (Å²) < 4.78 is 12.2. The summed E-state index contributed by atoms with van der Waals surface area (Å²) in [6.45, 7) is 6.65. The molecule has 1 atom stereocenters. The molecule has 1 amide bonds. The molecule has 7 nitrogen and oxygen atoms in total. The Morgan fingerprint density at radius 1 is 1.23 bits per heavy atom. The number of hydrogen-bond acceptors (Lipinski definition) is 6. The van der Waals surface area contributed by atoms with Crippen LogP contribution in [0.25, 0.3) is 0 Å². The Labute approximate surface area is 160 Å². The number of aromatic nitrogens is 2. The fourth-order valence-electron chi connectivity index (χ4n) is 3.12. The van der Waals surface area contributed by atoms with E-state index in [1.54, 1.807) is 6.92 Å². The number of halogens is 1. The molecule has 1 aliphatic heterocycles. The van der Waals surface area contributed by atoms with Gasteiger partial charge in [-0.3, -0.25) is 4.79 Å². The molecule has 3 rings (SSSR count). The average Bonchev–Trinajstić information content (AvgIpc) is 2.56. The lowest BCUT2D eigenvalue weighted by atomic mass is 9.94. The first kappa shape index (κ1) is 18.4. The number of nitrogens with one attached hydrogen (secondary N) is 1. The van der Waals surface area contributed by atoms with Gasteiger partial charge in [0.1, 0.15) is 0 Å². The number of aryl methyl sites for hydroxylation is 1. The summed E-state index contributed by atoms with van der Waals surface area (Å²) >= 11 is 3.58. The minimum Gasteiger partial charge on any atom is -0.490 e. The number of nitrogen functional groups attached to an aromatic ring is 1. The second-order valence-electron chi connectivity index (χ2n) is 5.91. The van der Waals surface area contributed by atoms with E-state index in [2.05, 4.69) is 31.2 Å². The van der Waals surface area contributed by atoms with Gasteiger partial charge in [0.25, 0.3) is 5.91 Å². The quantitative estimate of drug-likeness (QED) is 0.770. The highest BCUT2D eigenvalue weighted by Gasteiger charge is 2.30. The van der Waals surface area contributed by atoms with Crippen LogP contribution >= 0.6 is 15.9 Å². The van der Waals surface area contributed by atoms with Gasteiger partial charge in [0, 0.05) is 10.9 Å². The molecule has 26 heavy (non-hydrogen) atoms. The lowest BCUT2D eigenvalue weighted by molar-refractivity contribution is 0.0922. The monoisotopic (exact) mass is 420 g/mol. The van der Waals surface area contributed by atoms with Crippen LogP contribution in [0.2, 0.25) is 0 Å².